The third kappa shape index (κ3) is 5.12. The first-order valence-corrected chi connectivity index (χ1v) is 9.64. The zero-order valence-electron chi connectivity index (χ0n) is 16.4. The van der Waals surface area contributed by atoms with E-state index < -0.39 is 11.4 Å². The molecule has 0 saturated heterocycles. The highest BCUT2D eigenvalue weighted by Gasteiger charge is 2.43. The van der Waals surface area contributed by atoms with Crippen LogP contribution in [0.1, 0.15) is 43.7 Å². The molecule has 2 atom stereocenters. The van der Waals surface area contributed by atoms with E-state index in [-0.39, 0.29) is 17.7 Å². The Bertz CT molecular complexity index is 814. The van der Waals surface area contributed by atoms with E-state index >= 15 is 0 Å². The molecule has 0 radical (unpaired) electrons. The Morgan fingerprint density at radius 2 is 1.79 bits per heavy atom. The number of ether oxygens (including phenoxy) is 1. The van der Waals surface area contributed by atoms with Crippen LogP contribution in [-0.4, -0.2) is 23.5 Å². The Balaban J connectivity index is 1.44. The van der Waals surface area contributed by atoms with Crippen molar-refractivity contribution in [3.05, 3.63) is 65.7 Å². The second-order valence-electron chi connectivity index (χ2n) is 8.02. The maximum atomic E-state index is 12.3. The summed E-state index contributed by atoms with van der Waals surface area (Å²) in [6.45, 7) is 4.25. The van der Waals surface area contributed by atoms with Gasteiger partial charge in [0.05, 0.1) is 5.41 Å². The summed E-state index contributed by atoms with van der Waals surface area (Å²) in [5, 5.41) is 12.0. The lowest BCUT2D eigenvalue weighted by atomic mass is 9.90. The molecule has 5 nitrogen and oxygen atoms in total. The number of hydrogen-bond acceptors (Lipinski definition) is 3. The topological polar surface area (TPSA) is 75.6 Å². The minimum atomic E-state index is -0.847. The van der Waals surface area contributed by atoms with Crippen molar-refractivity contribution < 1.29 is 19.4 Å². The van der Waals surface area contributed by atoms with Gasteiger partial charge in [-0.2, -0.15) is 0 Å². The van der Waals surface area contributed by atoms with Crippen LogP contribution < -0.4 is 10.1 Å². The summed E-state index contributed by atoms with van der Waals surface area (Å²) in [6.07, 6.45) is 1.25. The van der Waals surface area contributed by atoms with E-state index in [0.717, 1.165) is 23.3 Å². The normalized spacial score (nSPS) is 18.4. The summed E-state index contributed by atoms with van der Waals surface area (Å²) < 4.78 is 5.80. The summed E-state index contributed by atoms with van der Waals surface area (Å²) in [5.41, 5.74) is 1.43. The van der Waals surface area contributed by atoms with Crippen molar-refractivity contribution in [1.29, 1.82) is 0 Å². The fraction of sp³-hybridized carbons (Fsp3) is 0.391. The first kappa shape index (κ1) is 19.9. The third-order valence-corrected chi connectivity index (χ3v) is 5.31. The van der Waals surface area contributed by atoms with Crippen molar-refractivity contribution in [2.24, 2.45) is 11.3 Å². The molecule has 28 heavy (non-hydrogen) atoms. The first-order chi connectivity index (χ1) is 13.4. The molecule has 2 aromatic rings. The highest BCUT2D eigenvalue weighted by atomic mass is 16.5. The Morgan fingerprint density at radius 1 is 1.11 bits per heavy atom. The molecule has 2 N–H and O–H groups in total. The smallest absolute Gasteiger partial charge is 0.309 e. The summed E-state index contributed by atoms with van der Waals surface area (Å²) >= 11 is 0. The predicted octanol–water partition coefficient (Wildman–Crippen LogP) is 3.99. The van der Waals surface area contributed by atoms with Crippen LogP contribution in [-0.2, 0) is 16.2 Å². The maximum absolute atomic E-state index is 12.3. The first-order valence-electron chi connectivity index (χ1n) is 9.64. The van der Waals surface area contributed by atoms with Crippen LogP contribution >= 0.6 is 0 Å². The Labute approximate surface area is 165 Å². The minimum absolute atomic E-state index is 0.00981. The van der Waals surface area contributed by atoms with Crippen LogP contribution in [0.15, 0.2) is 54.6 Å². The van der Waals surface area contributed by atoms with E-state index in [1.165, 1.54) is 0 Å². The van der Waals surface area contributed by atoms with Gasteiger partial charge >= 0.3 is 5.97 Å². The van der Waals surface area contributed by atoms with Crippen LogP contribution in [0.25, 0.3) is 0 Å². The molecule has 0 spiro atoms. The van der Waals surface area contributed by atoms with E-state index in [1.807, 2.05) is 54.6 Å². The van der Waals surface area contributed by atoms with Gasteiger partial charge in [0, 0.05) is 12.5 Å². The number of carboxylic acid groups (broad SMARTS) is 1. The highest BCUT2D eigenvalue weighted by molar-refractivity contribution is 5.83. The van der Waals surface area contributed by atoms with Gasteiger partial charge < -0.3 is 15.2 Å². The lowest BCUT2D eigenvalue weighted by Crippen LogP contribution is -2.32. The lowest BCUT2D eigenvalue weighted by molar-refractivity contribution is -0.147. The molecule has 3 rings (SSSR count). The molecule has 1 aliphatic carbocycles. The molecule has 0 heterocycles. The molecule has 1 saturated carbocycles. The quantitative estimate of drug-likeness (QED) is 0.689. The standard InChI is InChI=1S/C23H27NO4/c1-23(2,22(26)27)12-13-24-21(25)20-14-19(20)17-8-10-18(11-9-17)28-15-16-6-4-3-5-7-16/h3-11,19-20H,12-15H2,1-2H3,(H,24,25)(H,26,27). The van der Waals surface area contributed by atoms with E-state index in [4.69, 9.17) is 9.84 Å². The number of carboxylic acids is 1. The zero-order chi connectivity index (χ0) is 20.1. The van der Waals surface area contributed by atoms with Crippen LogP contribution in [0, 0.1) is 11.3 Å². The zero-order valence-corrected chi connectivity index (χ0v) is 16.4. The number of rotatable bonds is 9. The summed E-state index contributed by atoms with van der Waals surface area (Å²) in [6, 6.07) is 17.9. The fourth-order valence-electron chi connectivity index (χ4n) is 3.14. The van der Waals surface area contributed by atoms with Crippen molar-refractivity contribution >= 4 is 11.9 Å². The number of carbonyl (C=O) groups is 2. The van der Waals surface area contributed by atoms with E-state index in [0.29, 0.717) is 19.6 Å². The molecule has 2 unspecified atom stereocenters. The second kappa shape index (κ2) is 8.46. The number of aliphatic carboxylic acids is 1. The highest BCUT2D eigenvalue weighted by Crippen LogP contribution is 2.47. The molecule has 1 fully saturated rings. The average molecular weight is 381 g/mol. The maximum Gasteiger partial charge on any atom is 0.309 e. The van der Waals surface area contributed by atoms with Crippen molar-refractivity contribution in [3.8, 4) is 5.75 Å². The Kier molecular flexibility index (Phi) is 6.02. The molecular weight excluding hydrogens is 354 g/mol. The molecule has 1 amide bonds. The SMILES string of the molecule is CC(C)(CCNC(=O)C1CC1c1ccc(OCc2ccccc2)cc1)C(=O)O. The average Bonchev–Trinajstić information content (AvgIpc) is 3.48. The van der Waals surface area contributed by atoms with Gasteiger partial charge in [0.25, 0.3) is 0 Å². The number of hydrogen-bond donors (Lipinski definition) is 2. The van der Waals surface area contributed by atoms with Crippen molar-refractivity contribution in [2.75, 3.05) is 6.54 Å². The molecule has 0 aliphatic heterocycles. The van der Waals surface area contributed by atoms with Crippen molar-refractivity contribution in [2.45, 2.75) is 39.2 Å². The molecule has 148 valence electrons. The van der Waals surface area contributed by atoms with Gasteiger partial charge in [0.15, 0.2) is 0 Å². The summed E-state index contributed by atoms with van der Waals surface area (Å²) in [4.78, 5) is 23.4. The van der Waals surface area contributed by atoms with E-state index in [2.05, 4.69) is 5.32 Å². The molecule has 2 aromatic carbocycles. The molecule has 5 heteroatoms. The summed E-state index contributed by atoms with van der Waals surface area (Å²) in [7, 11) is 0. The largest absolute Gasteiger partial charge is 0.489 e. The van der Waals surface area contributed by atoms with E-state index in [1.54, 1.807) is 13.8 Å². The second-order valence-corrected chi connectivity index (χ2v) is 8.02. The number of nitrogens with one attached hydrogen (secondary N) is 1. The monoisotopic (exact) mass is 381 g/mol. The van der Waals surface area contributed by atoms with Gasteiger partial charge in [-0.1, -0.05) is 42.5 Å². The fourth-order valence-corrected chi connectivity index (χ4v) is 3.14. The van der Waals surface area contributed by atoms with Crippen molar-refractivity contribution in [3.63, 3.8) is 0 Å². The lowest BCUT2D eigenvalue weighted by Gasteiger charge is -2.18. The number of carbonyl (C=O) groups excluding carboxylic acids is 1. The van der Waals surface area contributed by atoms with Crippen molar-refractivity contribution in [1.82, 2.24) is 5.32 Å². The third-order valence-electron chi connectivity index (χ3n) is 5.31. The van der Waals surface area contributed by atoms with Crippen LogP contribution in [0.2, 0.25) is 0 Å². The van der Waals surface area contributed by atoms with Gasteiger partial charge in [0.1, 0.15) is 12.4 Å². The molecular formula is C23H27NO4. The number of benzene rings is 2. The Hall–Kier alpha value is -2.82. The van der Waals surface area contributed by atoms with Crippen LogP contribution in [0.5, 0.6) is 5.75 Å². The minimum Gasteiger partial charge on any atom is -0.489 e. The molecule has 0 aromatic heterocycles. The number of amides is 1. The van der Waals surface area contributed by atoms with Crippen LogP contribution in [0.4, 0.5) is 0 Å². The van der Waals surface area contributed by atoms with Gasteiger partial charge in [-0.15, -0.1) is 0 Å². The van der Waals surface area contributed by atoms with Gasteiger partial charge in [-0.25, -0.2) is 0 Å². The van der Waals surface area contributed by atoms with Gasteiger partial charge in [-0.05, 0) is 55.9 Å². The Morgan fingerprint density at radius 3 is 2.43 bits per heavy atom. The molecule has 0 bridgehead atoms. The predicted molar refractivity (Wildman–Crippen MR) is 107 cm³/mol. The molecule has 1 aliphatic rings. The van der Waals surface area contributed by atoms with Crippen LogP contribution in [0.3, 0.4) is 0 Å². The van der Waals surface area contributed by atoms with Gasteiger partial charge in [0.2, 0.25) is 5.91 Å². The van der Waals surface area contributed by atoms with E-state index in [9.17, 15) is 9.59 Å². The summed E-state index contributed by atoms with van der Waals surface area (Å²) in [5.74, 6) is 0.182. The van der Waals surface area contributed by atoms with Gasteiger partial charge in [-0.3, -0.25) is 9.59 Å².